The van der Waals surface area contributed by atoms with Gasteiger partial charge in [0.1, 0.15) is 6.66 Å². The smallest absolute Gasteiger partial charge is 0.330 e. The molecule has 0 rings (SSSR count). The van der Waals surface area contributed by atoms with Crippen molar-refractivity contribution in [2.45, 2.75) is 25.7 Å². The van der Waals surface area contributed by atoms with E-state index in [0.717, 1.165) is 32.2 Å². The van der Waals surface area contributed by atoms with Gasteiger partial charge < -0.3 is 5.73 Å². The zero-order valence-corrected chi connectivity index (χ0v) is 9.43. The zero-order chi connectivity index (χ0) is 10.2. The van der Waals surface area contributed by atoms with E-state index in [9.17, 15) is 4.89 Å². The molecule has 0 fully saturated rings. The molecule has 0 amide bonds. The lowest BCUT2D eigenvalue weighted by atomic mass is 10.2. The molecule has 0 bridgehead atoms. The average Bonchev–Trinajstić information content (AvgIpc) is 2.11. The van der Waals surface area contributed by atoms with E-state index in [2.05, 4.69) is 0 Å². The van der Waals surface area contributed by atoms with Gasteiger partial charge in [-0.25, -0.2) is 0 Å². The summed E-state index contributed by atoms with van der Waals surface area (Å²) in [6, 6.07) is 0. The number of unbranched alkanes of at least 4 members (excludes halogenated alkanes) is 3. The van der Waals surface area contributed by atoms with Crippen molar-refractivity contribution in [1.82, 2.24) is 0 Å². The second-order valence-electron chi connectivity index (χ2n) is 3.02. The van der Waals surface area contributed by atoms with Gasteiger partial charge in [-0.15, -0.1) is 0 Å². The molecule has 0 aliphatic carbocycles. The summed E-state index contributed by atoms with van der Waals surface area (Å²) in [5.74, 6) is 0. The van der Waals surface area contributed by atoms with Gasteiger partial charge in [0.25, 0.3) is 0 Å². The summed E-state index contributed by atoms with van der Waals surface area (Å²) < 4.78 is 9.96. The fourth-order valence-electron chi connectivity index (χ4n) is 0.887. The molecular formula is C8H21NO3P+. The number of hydrogen-bond acceptors (Lipinski definition) is 4. The second kappa shape index (κ2) is 7.65. The first-order valence-corrected chi connectivity index (χ1v) is 6.64. The Morgan fingerprint density at radius 2 is 1.85 bits per heavy atom. The molecule has 4 nitrogen and oxygen atoms in total. The molecule has 1 unspecified atom stereocenters. The van der Waals surface area contributed by atoms with Crippen molar-refractivity contribution >= 4 is 7.94 Å². The number of nitrogens with two attached hydrogens (primary N) is 1. The summed E-state index contributed by atoms with van der Waals surface area (Å²) in [6.45, 7) is 2.91. The molecule has 3 N–H and O–H groups in total. The van der Waals surface area contributed by atoms with E-state index < -0.39 is 7.94 Å². The third-order valence-corrected chi connectivity index (χ3v) is 3.11. The molecule has 5 heteroatoms. The first-order chi connectivity index (χ1) is 6.12. The fraction of sp³-hybridized carbons (Fsp3) is 1.00. The Bertz CT molecular complexity index is 122. The monoisotopic (exact) mass is 210 g/mol. The van der Waals surface area contributed by atoms with Gasteiger partial charge in [-0.2, -0.15) is 13.9 Å². The summed E-state index contributed by atoms with van der Waals surface area (Å²) in [5, 5.41) is 0. The van der Waals surface area contributed by atoms with Crippen LogP contribution in [0.25, 0.3) is 0 Å². The minimum Gasteiger partial charge on any atom is -0.330 e. The minimum absolute atomic E-state index is 0.569. The predicted molar refractivity (Wildman–Crippen MR) is 55.5 cm³/mol. The van der Waals surface area contributed by atoms with Crippen LogP contribution in [0.3, 0.4) is 0 Å². The van der Waals surface area contributed by atoms with E-state index in [4.69, 9.17) is 14.8 Å². The summed E-state index contributed by atoms with van der Waals surface area (Å²) in [5.41, 5.74) is 5.35. The quantitative estimate of drug-likeness (QED) is 0.471. The van der Waals surface area contributed by atoms with Gasteiger partial charge in [-0.1, -0.05) is 12.8 Å². The van der Waals surface area contributed by atoms with Gasteiger partial charge in [-0.3, -0.25) is 0 Å². The lowest BCUT2D eigenvalue weighted by Crippen LogP contribution is -2.01. The Morgan fingerprint density at radius 1 is 1.23 bits per heavy atom. The van der Waals surface area contributed by atoms with Crippen LogP contribution in [0, 0.1) is 0 Å². The molecule has 0 aromatic heterocycles. The van der Waals surface area contributed by atoms with Crippen LogP contribution in [0.5, 0.6) is 0 Å². The molecule has 13 heavy (non-hydrogen) atoms. The first-order valence-electron chi connectivity index (χ1n) is 4.62. The van der Waals surface area contributed by atoms with Crippen molar-refractivity contribution in [2.24, 2.45) is 5.73 Å². The van der Waals surface area contributed by atoms with E-state index in [1.165, 1.54) is 7.11 Å². The molecule has 0 aromatic carbocycles. The Labute approximate surface area is 81.0 Å². The lowest BCUT2D eigenvalue weighted by molar-refractivity contribution is 0.204. The van der Waals surface area contributed by atoms with Crippen LogP contribution in [-0.2, 0) is 9.05 Å². The summed E-state index contributed by atoms with van der Waals surface area (Å²) in [6.07, 6.45) is 4.25. The molecule has 80 valence electrons. The van der Waals surface area contributed by atoms with Crippen LogP contribution in [0.1, 0.15) is 25.7 Å². The van der Waals surface area contributed by atoms with Crippen LogP contribution in [-0.4, -0.2) is 31.8 Å². The van der Waals surface area contributed by atoms with Crippen LogP contribution < -0.4 is 5.73 Å². The topological polar surface area (TPSA) is 64.7 Å². The highest BCUT2D eigenvalue weighted by atomic mass is 31.2. The Balaban J connectivity index is 3.16. The maximum Gasteiger partial charge on any atom is 0.405 e. The predicted octanol–water partition coefficient (Wildman–Crippen LogP) is 1.55. The van der Waals surface area contributed by atoms with Gasteiger partial charge in [0.2, 0.25) is 0 Å². The minimum atomic E-state index is -2.50. The molecular weight excluding hydrogens is 189 g/mol. The lowest BCUT2D eigenvalue weighted by Gasteiger charge is -2.09. The van der Waals surface area contributed by atoms with E-state index in [1.807, 2.05) is 0 Å². The third-order valence-electron chi connectivity index (χ3n) is 1.77. The molecule has 0 aliphatic heterocycles. The van der Waals surface area contributed by atoms with E-state index in [-0.39, 0.29) is 0 Å². The fourth-order valence-corrected chi connectivity index (χ4v) is 1.46. The van der Waals surface area contributed by atoms with Crippen molar-refractivity contribution in [3.8, 4) is 0 Å². The Hall–Kier alpha value is 0.270. The van der Waals surface area contributed by atoms with Crippen LogP contribution in [0.4, 0.5) is 0 Å². The van der Waals surface area contributed by atoms with E-state index in [1.54, 1.807) is 6.66 Å². The normalized spacial score (nSPS) is 15.7. The number of rotatable bonds is 8. The zero-order valence-electron chi connectivity index (χ0n) is 8.53. The largest absolute Gasteiger partial charge is 0.405 e. The molecule has 0 heterocycles. The molecule has 0 saturated heterocycles. The molecule has 0 radical (unpaired) electrons. The van der Waals surface area contributed by atoms with Crippen LogP contribution in [0.15, 0.2) is 0 Å². The molecule has 0 aliphatic rings. The molecule has 0 saturated carbocycles. The van der Waals surface area contributed by atoms with Crippen molar-refractivity contribution in [3.05, 3.63) is 0 Å². The van der Waals surface area contributed by atoms with E-state index in [0.29, 0.717) is 6.61 Å². The van der Waals surface area contributed by atoms with Crippen LogP contribution in [0.2, 0.25) is 0 Å². The summed E-state index contributed by atoms with van der Waals surface area (Å²) in [4.78, 5) is 9.37. The van der Waals surface area contributed by atoms with Gasteiger partial charge in [0, 0.05) is 0 Å². The van der Waals surface area contributed by atoms with Crippen molar-refractivity contribution in [2.75, 3.05) is 26.9 Å². The van der Waals surface area contributed by atoms with Gasteiger partial charge in [0.05, 0.1) is 13.7 Å². The highest BCUT2D eigenvalue weighted by Gasteiger charge is 2.30. The van der Waals surface area contributed by atoms with Crippen molar-refractivity contribution < 1.29 is 13.9 Å². The van der Waals surface area contributed by atoms with Gasteiger partial charge >= 0.3 is 7.94 Å². The van der Waals surface area contributed by atoms with Crippen molar-refractivity contribution in [3.63, 3.8) is 0 Å². The maximum absolute atomic E-state index is 9.37. The van der Waals surface area contributed by atoms with Gasteiger partial charge in [0.15, 0.2) is 0 Å². The second-order valence-corrected chi connectivity index (χ2v) is 5.25. The number of hydrogen-bond donors (Lipinski definition) is 2. The van der Waals surface area contributed by atoms with Gasteiger partial charge in [-0.05, 0) is 19.4 Å². The summed E-state index contributed by atoms with van der Waals surface area (Å²) >= 11 is 0. The van der Waals surface area contributed by atoms with E-state index >= 15 is 0 Å². The molecule has 0 aromatic rings. The Morgan fingerprint density at radius 3 is 2.38 bits per heavy atom. The standard InChI is InChI=1S/C8H21NO3P/c1-11-13(2,10)12-8-6-4-3-5-7-9/h10H,3-9H2,1-2H3/q+1. The maximum atomic E-state index is 9.37. The highest BCUT2D eigenvalue weighted by molar-refractivity contribution is 7.59. The first kappa shape index (κ1) is 13.3. The Kier molecular flexibility index (Phi) is 7.81. The average molecular weight is 210 g/mol. The third kappa shape index (κ3) is 8.60. The highest BCUT2D eigenvalue weighted by Crippen LogP contribution is 2.51. The van der Waals surface area contributed by atoms with Crippen LogP contribution >= 0.6 is 7.94 Å². The molecule has 0 spiro atoms. The summed E-state index contributed by atoms with van der Waals surface area (Å²) in [7, 11) is -1.04. The SMILES string of the molecule is CO[P+](C)(O)OCCCCCCN. The van der Waals surface area contributed by atoms with Crippen molar-refractivity contribution in [1.29, 1.82) is 0 Å². The molecule has 1 atom stereocenters.